The van der Waals surface area contributed by atoms with Crippen LogP contribution in [-0.4, -0.2) is 43.8 Å². The van der Waals surface area contributed by atoms with Crippen LogP contribution in [0.1, 0.15) is 15.9 Å². The molecule has 3 rings (SSSR count). The number of hydrogen-bond acceptors (Lipinski definition) is 6. The maximum absolute atomic E-state index is 12.2. The molecule has 0 aliphatic heterocycles. The standard InChI is InChI=1S/C21H20N4O4/c1-28-18-8-7-14(11-19(18)29-2)21(27)23-13-20(26)25-24-12-15-9-10-22-17-6-4-3-5-16(15)17/h3-12H,13H2,1-2H3,(H,23,27)(H,25,26)/b24-12+. The van der Waals surface area contributed by atoms with Crippen molar-refractivity contribution in [3.05, 3.63) is 65.9 Å². The monoisotopic (exact) mass is 392 g/mol. The van der Waals surface area contributed by atoms with Crippen molar-refractivity contribution in [1.82, 2.24) is 15.7 Å². The summed E-state index contributed by atoms with van der Waals surface area (Å²) in [4.78, 5) is 28.5. The van der Waals surface area contributed by atoms with E-state index in [1.54, 1.807) is 30.5 Å². The van der Waals surface area contributed by atoms with Crippen molar-refractivity contribution in [3.8, 4) is 11.5 Å². The second-order valence-electron chi connectivity index (χ2n) is 5.96. The van der Waals surface area contributed by atoms with Crippen LogP contribution >= 0.6 is 0 Å². The summed E-state index contributed by atoms with van der Waals surface area (Å²) >= 11 is 0. The zero-order valence-corrected chi connectivity index (χ0v) is 16.0. The van der Waals surface area contributed by atoms with Gasteiger partial charge < -0.3 is 14.8 Å². The minimum Gasteiger partial charge on any atom is -0.493 e. The average Bonchev–Trinajstić information content (AvgIpc) is 2.77. The van der Waals surface area contributed by atoms with Crippen LogP contribution in [0.3, 0.4) is 0 Å². The number of fused-ring (bicyclic) bond motifs is 1. The first-order valence-electron chi connectivity index (χ1n) is 8.78. The predicted molar refractivity (Wildman–Crippen MR) is 109 cm³/mol. The fourth-order valence-corrected chi connectivity index (χ4v) is 2.68. The summed E-state index contributed by atoms with van der Waals surface area (Å²) in [6.07, 6.45) is 3.22. The molecular weight excluding hydrogens is 372 g/mol. The van der Waals surface area contributed by atoms with Crippen LogP contribution in [0.25, 0.3) is 10.9 Å². The molecule has 8 nitrogen and oxygen atoms in total. The van der Waals surface area contributed by atoms with Gasteiger partial charge in [0.15, 0.2) is 11.5 Å². The van der Waals surface area contributed by atoms with Crippen molar-refractivity contribution >= 4 is 28.9 Å². The molecule has 8 heteroatoms. The number of nitrogens with one attached hydrogen (secondary N) is 2. The molecule has 0 aliphatic carbocycles. The van der Waals surface area contributed by atoms with Gasteiger partial charge in [-0.2, -0.15) is 5.10 Å². The van der Waals surface area contributed by atoms with Gasteiger partial charge in [0.05, 0.1) is 32.5 Å². The summed E-state index contributed by atoms with van der Waals surface area (Å²) in [6.45, 7) is -0.221. The van der Waals surface area contributed by atoms with Gasteiger partial charge in [-0.3, -0.25) is 14.6 Å². The van der Waals surface area contributed by atoms with Crippen molar-refractivity contribution in [3.63, 3.8) is 0 Å². The highest BCUT2D eigenvalue weighted by Gasteiger charge is 2.11. The van der Waals surface area contributed by atoms with Crippen molar-refractivity contribution in [2.45, 2.75) is 0 Å². The number of amides is 2. The van der Waals surface area contributed by atoms with Crippen LogP contribution in [0.4, 0.5) is 0 Å². The molecule has 0 radical (unpaired) electrons. The molecule has 29 heavy (non-hydrogen) atoms. The lowest BCUT2D eigenvalue weighted by atomic mass is 10.1. The SMILES string of the molecule is COc1ccc(C(=O)NCC(=O)N/N=C/c2ccnc3ccccc23)cc1OC. The van der Waals surface area contributed by atoms with E-state index in [0.29, 0.717) is 17.1 Å². The van der Waals surface area contributed by atoms with Gasteiger partial charge in [0.2, 0.25) is 0 Å². The molecular formula is C21H20N4O4. The lowest BCUT2D eigenvalue weighted by molar-refractivity contribution is -0.120. The lowest BCUT2D eigenvalue weighted by Crippen LogP contribution is -2.34. The van der Waals surface area contributed by atoms with Gasteiger partial charge in [-0.15, -0.1) is 0 Å². The molecule has 148 valence electrons. The van der Waals surface area contributed by atoms with Crippen LogP contribution in [0, 0.1) is 0 Å². The zero-order valence-electron chi connectivity index (χ0n) is 16.0. The van der Waals surface area contributed by atoms with Crippen molar-refractivity contribution in [2.24, 2.45) is 5.10 Å². The van der Waals surface area contributed by atoms with E-state index in [4.69, 9.17) is 9.47 Å². The summed E-state index contributed by atoms with van der Waals surface area (Å²) in [7, 11) is 2.99. The van der Waals surface area contributed by atoms with Crippen molar-refractivity contribution in [2.75, 3.05) is 20.8 Å². The topological polar surface area (TPSA) is 102 Å². The summed E-state index contributed by atoms with van der Waals surface area (Å²) < 4.78 is 10.3. The molecule has 3 aromatic rings. The van der Waals surface area contributed by atoms with Crippen LogP contribution in [0.5, 0.6) is 11.5 Å². The highest BCUT2D eigenvalue weighted by Crippen LogP contribution is 2.27. The van der Waals surface area contributed by atoms with E-state index < -0.39 is 11.8 Å². The molecule has 2 aromatic carbocycles. The molecule has 0 fully saturated rings. The summed E-state index contributed by atoms with van der Waals surface area (Å²) in [5, 5.41) is 7.41. The molecule has 1 heterocycles. The highest BCUT2D eigenvalue weighted by atomic mass is 16.5. The molecule has 1 aromatic heterocycles. The van der Waals surface area contributed by atoms with Gasteiger partial charge in [-0.1, -0.05) is 18.2 Å². The first kappa shape index (κ1) is 19.8. The molecule has 2 N–H and O–H groups in total. The number of nitrogens with zero attached hydrogens (tertiary/aromatic N) is 2. The normalized spacial score (nSPS) is 10.7. The fraction of sp³-hybridized carbons (Fsp3) is 0.143. The maximum atomic E-state index is 12.2. The third-order valence-corrected chi connectivity index (χ3v) is 4.13. The number of para-hydroxylation sites is 1. The molecule has 0 aliphatic rings. The van der Waals surface area contributed by atoms with Gasteiger partial charge in [0.1, 0.15) is 0 Å². The molecule has 0 saturated carbocycles. The van der Waals surface area contributed by atoms with E-state index in [1.807, 2.05) is 24.3 Å². The molecule has 0 unspecified atom stereocenters. The summed E-state index contributed by atoms with van der Waals surface area (Å²) in [6, 6.07) is 14.2. The Bertz CT molecular complexity index is 1060. The minimum atomic E-state index is -0.451. The molecule has 0 spiro atoms. The van der Waals surface area contributed by atoms with Crippen LogP contribution < -0.4 is 20.2 Å². The molecule has 0 atom stereocenters. The molecule has 2 amide bonds. The second kappa shape index (κ2) is 9.32. The number of benzene rings is 2. The quantitative estimate of drug-likeness (QED) is 0.474. The molecule has 0 bridgehead atoms. The zero-order chi connectivity index (χ0) is 20.6. The maximum Gasteiger partial charge on any atom is 0.259 e. The number of ether oxygens (including phenoxy) is 2. The number of pyridine rings is 1. The van der Waals surface area contributed by atoms with Crippen molar-refractivity contribution in [1.29, 1.82) is 0 Å². The number of carbonyl (C=O) groups excluding carboxylic acids is 2. The minimum absolute atomic E-state index is 0.221. The third-order valence-electron chi connectivity index (χ3n) is 4.13. The Labute approximate surface area is 167 Å². The van der Waals surface area contributed by atoms with E-state index in [2.05, 4.69) is 20.8 Å². The Morgan fingerprint density at radius 2 is 1.86 bits per heavy atom. The van der Waals surface area contributed by atoms with Crippen LogP contribution in [0.2, 0.25) is 0 Å². The van der Waals surface area contributed by atoms with E-state index in [0.717, 1.165) is 16.5 Å². The van der Waals surface area contributed by atoms with Gasteiger partial charge in [-0.25, -0.2) is 5.43 Å². The molecule has 0 saturated heterocycles. The Morgan fingerprint density at radius 1 is 1.07 bits per heavy atom. The smallest absolute Gasteiger partial charge is 0.259 e. The van der Waals surface area contributed by atoms with Crippen LogP contribution in [0.15, 0.2) is 59.8 Å². The summed E-state index contributed by atoms with van der Waals surface area (Å²) in [5.74, 6) is 0.0807. The van der Waals surface area contributed by atoms with Gasteiger partial charge >= 0.3 is 0 Å². The fourth-order valence-electron chi connectivity index (χ4n) is 2.68. The van der Waals surface area contributed by atoms with E-state index >= 15 is 0 Å². The number of rotatable bonds is 7. The lowest BCUT2D eigenvalue weighted by Gasteiger charge is -2.09. The van der Waals surface area contributed by atoms with Gasteiger partial charge in [0, 0.05) is 22.7 Å². The summed E-state index contributed by atoms with van der Waals surface area (Å²) in [5.41, 5.74) is 4.41. The predicted octanol–water partition coefficient (Wildman–Crippen LogP) is 2.13. The Balaban J connectivity index is 1.56. The van der Waals surface area contributed by atoms with Crippen LogP contribution in [-0.2, 0) is 4.79 Å². The van der Waals surface area contributed by atoms with Crippen molar-refractivity contribution < 1.29 is 19.1 Å². The number of hydrogen-bond donors (Lipinski definition) is 2. The average molecular weight is 392 g/mol. The number of methoxy groups -OCH3 is 2. The first-order valence-corrected chi connectivity index (χ1v) is 8.78. The number of aromatic nitrogens is 1. The van der Waals surface area contributed by atoms with E-state index in [9.17, 15) is 9.59 Å². The van der Waals surface area contributed by atoms with E-state index in [-0.39, 0.29) is 6.54 Å². The van der Waals surface area contributed by atoms with E-state index in [1.165, 1.54) is 20.4 Å². The van der Waals surface area contributed by atoms with Gasteiger partial charge in [0.25, 0.3) is 11.8 Å². The first-order chi connectivity index (χ1) is 14.1. The number of hydrazone groups is 1. The third kappa shape index (κ3) is 4.86. The largest absolute Gasteiger partial charge is 0.493 e. The Kier molecular flexibility index (Phi) is 6.36. The Morgan fingerprint density at radius 3 is 2.66 bits per heavy atom. The van der Waals surface area contributed by atoms with Gasteiger partial charge in [-0.05, 0) is 30.3 Å². The Hall–Kier alpha value is -3.94. The number of carbonyl (C=O) groups is 2. The second-order valence-corrected chi connectivity index (χ2v) is 5.96. The highest BCUT2D eigenvalue weighted by molar-refractivity contribution is 5.99.